The molecule has 2 amide bonds. The molecule has 8 nitrogen and oxygen atoms in total. The lowest BCUT2D eigenvalue weighted by molar-refractivity contribution is -0.145. The van der Waals surface area contributed by atoms with Gasteiger partial charge in [-0.1, -0.05) is 0 Å². The summed E-state index contributed by atoms with van der Waals surface area (Å²) in [6, 6.07) is 5.50. The van der Waals surface area contributed by atoms with E-state index < -0.39 is 23.8 Å². The van der Waals surface area contributed by atoms with E-state index in [1.54, 1.807) is 24.3 Å². The van der Waals surface area contributed by atoms with Gasteiger partial charge in [-0.15, -0.1) is 0 Å². The number of hydrogen-bond donors (Lipinski definition) is 3. The zero-order valence-electron chi connectivity index (χ0n) is 14.7. The Hall–Kier alpha value is -2.61. The van der Waals surface area contributed by atoms with Crippen LogP contribution in [0.3, 0.4) is 0 Å². The molecule has 1 aliphatic rings. The first-order valence-electron chi connectivity index (χ1n) is 8.62. The molecule has 0 aromatic heterocycles. The van der Waals surface area contributed by atoms with Crippen LogP contribution in [0.1, 0.15) is 30.1 Å². The van der Waals surface area contributed by atoms with Gasteiger partial charge in [0.1, 0.15) is 11.8 Å². The number of rotatable bonds is 8. The van der Waals surface area contributed by atoms with E-state index in [4.69, 9.17) is 9.47 Å². The van der Waals surface area contributed by atoms with Crippen LogP contribution in [0.2, 0.25) is 0 Å². The number of benzene rings is 1. The summed E-state index contributed by atoms with van der Waals surface area (Å²) in [6.07, 6.45) is 1.44. The number of aliphatic carboxylic acids is 1. The van der Waals surface area contributed by atoms with Crippen molar-refractivity contribution in [1.29, 1.82) is 0 Å². The minimum absolute atomic E-state index is 0.271. The van der Waals surface area contributed by atoms with Crippen LogP contribution in [0.15, 0.2) is 24.3 Å². The van der Waals surface area contributed by atoms with E-state index in [1.165, 1.54) is 0 Å². The first kappa shape index (κ1) is 19.7. The quantitative estimate of drug-likeness (QED) is 0.629. The first-order chi connectivity index (χ1) is 12.5. The molecule has 1 fully saturated rings. The van der Waals surface area contributed by atoms with Gasteiger partial charge in [0, 0.05) is 18.1 Å². The molecule has 0 saturated carbocycles. The van der Waals surface area contributed by atoms with E-state index >= 15 is 0 Å². The molecule has 0 spiro atoms. The van der Waals surface area contributed by atoms with E-state index in [1.807, 2.05) is 6.92 Å². The highest BCUT2D eigenvalue weighted by Crippen LogP contribution is 2.17. The summed E-state index contributed by atoms with van der Waals surface area (Å²) in [5, 5.41) is 14.3. The van der Waals surface area contributed by atoms with Gasteiger partial charge in [0.05, 0.1) is 19.8 Å². The van der Waals surface area contributed by atoms with Crippen LogP contribution >= 0.6 is 0 Å². The van der Waals surface area contributed by atoms with Crippen molar-refractivity contribution >= 4 is 17.8 Å². The second-order valence-electron chi connectivity index (χ2n) is 6.00. The second-order valence-corrected chi connectivity index (χ2v) is 6.00. The van der Waals surface area contributed by atoms with Gasteiger partial charge in [-0.05, 0) is 44.0 Å². The molecule has 3 N–H and O–H groups in total. The molecule has 2 unspecified atom stereocenters. The van der Waals surface area contributed by atoms with Crippen LogP contribution in [-0.2, 0) is 14.3 Å². The first-order valence-corrected chi connectivity index (χ1v) is 8.62. The van der Waals surface area contributed by atoms with Crippen LogP contribution < -0.4 is 15.4 Å². The van der Waals surface area contributed by atoms with Gasteiger partial charge in [0.2, 0.25) is 5.91 Å². The predicted molar refractivity (Wildman–Crippen MR) is 93.1 cm³/mol. The largest absolute Gasteiger partial charge is 0.494 e. The SMILES string of the molecule is CCOc1ccc(C(=O)NCC(=O)NC(C(=O)O)C2CCCOC2)cc1. The highest BCUT2D eigenvalue weighted by atomic mass is 16.5. The predicted octanol–water partition coefficient (Wildman–Crippen LogP) is 0.811. The Balaban J connectivity index is 1.84. The highest BCUT2D eigenvalue weighted by Gasteiger charge is 2.31. The van der Waals surface area contributed by atoms with Crippen molar-refractivity contribution < 1.29 is 29.0 Å². The zero-order chi connectivity index (χ0) is 18.9. The summed E-state index contributed by atoms with van der Waals surface area (Å²) in [6.45, 7) is 3.00. The van der Waals surface area contributed by atoms with Gasteiger partial charge in [-0.25, -0.2) is 4.79 Å². The smallest absolute Gasteiger partial charge is 0.326 e. The Labute approximate surface area is 151 Å². The highest BCUT2D eigenvalue weighted by molar-refractivity contribution is 5.97. The lowest BCUT2D eigenvalue weighted by atomic mass is 9.93. The van der Waals surface area contributed by atoms with Gasteiger partial charge < -0.3 is 25.2 Å². The molecule has 26 heavy (non-hydrogen) atoms. The third-order valence-electron chi connectivity index (χ3n) is 4.09. The van der Waals surface area contributed by atoms with Gasteiger partial charge in [0.15, 0.2) is 0 Å². The number of hydrogen-bond acceptors (Lipinski definition) is 5. The molecule has 0 radical (unpaired) electrons. The van der Waals surface area contributed by atoms with Crippen LogP contribution in [-0.4, -0.2) is 55.3 Å². The average molecular weight is 364 g/mol. The van der Waals surface area contributed by atoms with E-state index in [9.17, 15) is 19.5 Å². The third-order valence-corrected chi connectivity index (χ3v) is 4.09. The number of ether oxygens (including phenoxy) is 2. The molecule has 1 aromatic carbocycles. The van der Waals surface area contributed by atoms with Crippen LogP contribution in [0.25, 0.3) is 0 Å². The van der Waals surface area contributed by atoms with Crippen molar-refractivity contribution in [2.75, 3.05) is 26.4 Å². The summed E-state index contributed by atoms with van der Waals surface area (Å²) in [4.78, 5) is 35.5. The van der Waals surface area contributed by atoms with E-state index in [-0.39, 0.29) is 12.5 Å². The monoisotopic (exact) mass is 364 g/mol. The van der Waals surface area contributed by atoms with E-state index in [2.05, 4.69) is 10.6 Å². The van der Waals surface area contributed by atoms with E-state index in [0.29, 0.717) is 37.6 Å². The molecule has 1 aliphatic heterocycles. The minimum Gasteiger partial charge on any atom is -0.494 e. The number of carboxylic acid groups (broad SMARTS) is 1. The molecule has 0 aliphatic carbocycles. The minimum atomic E-state index is -1.10. The van der Waals surface area contributed by atoms with Crippen LogP contribution in [0.4, 0.5) is 0 Å². The van der Waals surface area contributed by atoms with Crippen molar-refractivity contribution in [2.45, 2.75) is 25.8 Å². The summed E-state index contributed by atoms with van der Waals surface area (Å²) in [5.41, 5.74) is 0.386. The number of nitrogens with one attached hydrogen (secondary N) is 2. The molecule has 1 aromatic rings. The molecule has 1 saturated heterocycles. The van der Waals surface area contributed by atoms with Crippen molar-refractivity contribution in [2.24, 2.45) is 5.92 Å². The number of amides is 2. The lowest BCUT2D eigenvalue weighted by Gasteiger charge is -2.28. The van der Waals surface area contributed by atoms with Crippen LogP contribution in [0, 0.1) is 5.92 Å². The summed E-state index contributed by atoms with van der Waals surface area (Å²) in [5.74, 6) is -1.70. The van der Waals surface area contributed by atoms with Crippen molar-refractivity contribution in [3.8, 4) is 5.75 Å². The van der Waals surface area contributed by atoms with Crippen molar-refractivity contribution in [3.63, 3.8) is 0 Å². The molecule has 2 atom stereocenters. The molecule has 1 heterocycles. The third kappa shape index (κ3) is 5.73. The molecule has 0 bridgehead atoms. The molecule has 8 heteroatoms. The maximum Gasteiger partial charge on any atom is 0.326 e. The van der Waals surface area contributed by atoms with Crippen molar-refractivity contribution in [1.82, 2.24) is 10.6 Å². The Kier molecular flexibility index (Phi) is 7.40. The molecular weight excluding hydrogens is 340 g/mol. The van der Waals surface area contributed by atoms with Crippen molar-refractivity contribution in [3.05, 3.63) is 29.8 Å². The maximum absolute atomic E-state index is 12.1. The van der Waals surface area contributed by atoms with Gasteiger partial charge in [-0.3, -0.25) is 9.59 Å². The second kappa shape index (κ2) is 9.76. The maximum atomic E-state index is 12.1. The fourth-order valence-electron chi connectivity index (χ4n) is 2.77. The summed E-state index contributed by atoms with van der Waals surface area (Å²) >= 11 is 0. The standard InChI is InChI=1S/C18H24N2O6/c1-2-26-14-7-5-12(6-8-14)17(22)19-10-15(21)20-16(18(23)24)13-4-3-9-25-11-13/h5-8,13,16H,2-4,9-11H2,1H3,(H,19,22)(H,20,21)(H,23,24). The van der Waals surface area contributed by atoms with Gasteiger partial charge in [-0.2, -0.15) is 0 Å². The Bertz CT molecular complexity index is 625. The topological polar surface area (TPSA) is 114 Å². The fraction of sp³-hybridized carbons (Fsp3) is 0.500. The average Bonchev–Trinajstić information content (AvgIpc) is 2.65. The molecule has 142 valence electrons. The number of carbonyl (C=O) groups excluding carboxylic acids is 2. The van der Waals surface area contributed by atoms with E-state index in [0.717, 1.165) is 6.42 Å². The number of carbonyl (C=O) groups is 3. The van der Waals surface area contributed by atoms with Gasteiger partial charge >= 0.3 is 5.97 Å². The summed E-state index contributed by atoms with van der Waals surface area (Å²) in [7, 11) is 0. The summed E-state index contributed by atoms with van der Waals surface area (Å²) < 4.78 is 10.6. The normalized spacial score (nSPS) is 17.8. The number of carboxylic acids is 1. The zero-order valence-corrected chi connectivity index (χ0v) is 14.7. The van der Waals surface area contributed by atoms with Gasteiger partial charge in [0.25, 0.3) is 5.91 Å². The molecule has 2 rings (SSSR count). The molecular formula is C18H24N2O6. The Morgan fingerprint density at radius 1 is 1.31 bits per heavy atom. The Morgan fingerprint density at radius 3 is 2.62 bits per heavy atom. The fourth-order valence-corrected chi connectivity index (χ4v) is 2.77. The van der Waals surface area contributed by atoms with Crippen LogP contribution in [0.5, 0.6) is 5.75 Å². The lowest BCUT2D eigenvalue weighted by Crippen LogP contribution is -2.51. The Morgan fingerprint density at radius 2 is 2.04 bits per heavy atom.